The van der Waals surface area contributed by atoms with Gasteiger partial charge in [0.2, 0.25) is 0 Å². The molecular formula is C13H15FN4. The number of hydrogen-bond acceptors (Lipinski definition) is 3. The van der Waals surface area contributed by atoms with Gasteiger partial charge in [0.25, 0.3) is 0 Å². The maximum absolute atomic E-state index is 13.7. The highest BCUT2D eigenvalue weighted by molar-refractivity contribution is 5.47. The molecule has 18 heavy (non-hydrogen) atoms. The highest BCUT2D eigenvalue weighted by Gasteiger charge is 2.23. The molecule has 1 aliphatic heterocycles. The molecule has 4 nitrogen and oxygen atoms in total. The zero-order valence-corrected chi connectivity index (χ0v) is 10.0. The standard InChI is InChI=1S/C13H15FN4/c14-11-8-15-5-4-13(11)18-7-1-2-10(9-18)12-3-6-16-17-12/h3-6,8,10H,1-2,7,9H2,(H,16,17). The summed E-state index contributed by atoms with van der Waals surface area (Å²) in [7, 11) is 0. The van der Waals surface area contributed by atoms with E-state index in [1.807, 2.05) is 6.07 Å². The lowest BCUT2D eigenvalue weighted by molar-refractivity contribution is 0.492. The molecule has 0 saturated carbocycles. The number of rotatable bonds is 2. The second kappa shape index (κ2) is 4.76. The number of aromatic amines is 1. The Kier molecular flexibility index (Phi) is 2.96. The van der Waals surface area contributed by atoms with Crippen LogP contribution in [-0.4, -0.2) is 28.3 Å². The van der Waals surface area contributed by atoms with Crippen molar-refractivity contribution < 1.29 is 4.39 Å². The fourth-order valence-corrected chi connectivity index (χ4v) is 2.57. The van der Waals surface area contributed by atoms with Gasteiger partial charge in [-0.05, 0) is 25.0 Å². The highest BCUT2D eigenvalue weighted by Crippen LogP contribution is 2.29. The van der Waals surface area contributed by atoms with E-state index in [0.717, 1.165) is 31.6 Å². The van der Waals surface area contributed by atoms with Crippen LogP contribution in [0.15, 0.2) is 30.7 Å². The van der Waals surface area contributed by atoms with Crippen molar-refractivity contribution in [1.29, 1.82) is 0 Å². The predicted molar refractivity (Wildman–Crippen MR) is 67.0 cm³/mol. The van der Waals surface area contributed by atoms with E-state index in [9.17, 15) is 4.39 Å². The van der Waals surface area contributed by atoms with Gasteiger partial charge in [-0.3, -0.25) is 10.1 Å². The molecule has 2 aromatic rings. The summed E-state index contributed by atoms with van der Waals surface area (Å²) in [4.78, 5) is 5.88. The zero-order valence-electron chi connectivity index (χ0n) is 10.0. The predicted octanol–water partition coefficient (Wildman–Crippen LogP) is 2.33. The van der Waals surface area contributed by atoms with E-state index in [4.69, 9.17) is 0 Å². The first-order chi connectivity index (χ1) is 8.84. The van der Waals surface area contributed by atoms with Gasteiger partial charge in [-0.15, -0.1) is 0 Å². The van der Waals surface area contributed by atoms with Crippen molar-refractivity contribution in [2.45, 2.75) is 18.8 Å². The van der Waals surface area contributed by atoms with Crippen molar-refractivity contribution >= 4 is 5.69 Å². The van der Waals surface area contributed by atoms with Gasteiger partial charge >= 0.3 is 0 Å². The van der Waals surface area contributed by atoms with Crippen LogP contribution in [0.3, 0.4) is 0 Å². The summed E-state index contributed by atoms with van der Waals surface area (Å²) in [5.41, 5.74) is 1.78. The van der Waals surface area contributed by atoms with Crippen molar-refractivity contribution in [2.24, 2.45) is 0 Å². The molecule has 1 N–H and O–H groups in total. The van der Waals surface area contributed by atoms with Crippen LogP contribution in [0.25, 0.3) is 0 Å². The third kappa shape index (κ3) is 2.08. The minimum atomic E-state index is -0.247. The molecule has 1 atom stereocenters. The van der Waals surface area contributed by atoms with Crippen molar-refractivity contribution in [1.82, 2.24) is 15.2 Å². The molecule has 1 aliphatic rings. The molecule has 3 rings (SSSR count). The average molecular weight is 246 g/mol. The normalized spacial score (nSPS) is 20.1. The zero-order chi connectivity index (χ0) is 12.4. The van der Waals surface area contributed by atoms with E-state index in [0.29, 0.717) is 11.6 Å². The van der Waals surface area contributed by atoms with E-state index in [1.54, 1.807) is 18.5 Å². The molecule has 0 radical (unpaired) electrons. The van der Waals surface area contributed by atoms with Crippen LogP contribution in [0, 0.1) is 5.82 Å². The van der Waals surface area contributed by atoms with Gasteiger partial charge < -0.3 is 4.90 Å². The van der Waals surface area contributed by atoms with E-state index >= 15 is 0 Å². The summed E-state index contributed by atoms with van der Waals surface area (Å²) in [5.74, 6) is 0.150. The smallest absolute Gasteiger partial charge is 0.164 e. The Bertz CT molecular complexity index is 511. The van der Waals surface area contributed by atoms with Gasteiger partial charge in [-0.1, -0.05) is 0 Å². The van der Waals surface area contributed by atoms with Crippen LogP contribution in [0.1, 0.15) is 24.5 Å². The topological polar surface area (TPSA) is 44.8 Å². The monoisotopic (exact) mass is 246 g/mol. The van der Waals surface area contributed by atoms with E-state index in [1.165, 1.54) is 6.20 Å². The molecule has 1 unspecified atom stereocenters. The maximum atomic E-state index is 13.7. The Hall–Kier alpha value is -1.91. The SMILES string of the molecule is Fc1cnccc1N1CCCC(c2ccn[nH]2)C1. The molecule has 1 saturated heterocycles. The first kappa shape index (κ1) is 11.2. The number of piperidine rings is 1. The van der Waals surface area contributed by atoms with Crippen LogP contribution in [0.2, 0.25) is 0 Å². The fourth-order valence-electron chi connectivity index (χ4n) is 2.57. The summed E-state index contributed by atoms with van der Waals surface area (Å²) in [5, 5.41) is 7.00. The lowest BCUT2D eigenvalue weighted by Crippen LogP contribution is -2.35. The Morgan fingerprint density at radius 3 is 3.06 bits per heavy atom. The van der Waals surface area contributed by atoms with E-state index in [2.05, 4.69) is 20.1 Å². The van der Waals surface area contributed by atoms with Crippen LogP contribution in [0.5, 0.6) is 0 Å². The molecule has 0 bridgehead atoms. The maximum Gasteiger partial charge on any atom is 0.164 e. The number of aromatic nitrogens is 3. The van der Waals surface area contributed by atoms with Crippen LogP contribution in [0.4, 0.5) is 10.1 Å². The van der Waals surface area contributed by atoms with Gasteiger partial charge in [-0.25, -0.2) is 4.39 Å². The summed E-state index contributed by atoms with van der Waals surface area (Å²) >= 11 is 0. The second-order valence-corrected chi connectivity index (χ2v) is 4.62. The van der Waals surface area contributed by atoms with Gasteiger partial charge in [0.05, 0.1) is 11.9 Å². The van der Waals surface area contributed by atoms with E-state index in [-0.39, 0.29) is 5.82 Å². The largest absolute Gasteiger partial charge is 0.368 e. The Balaban J connectivity index is 1.81. The molecule has 94 valence electrons. The number of hydrogen-bond donors (Lipinski definition) is 1. The highest BCUT2D eigenvalue weighted by atomic mass is 19.1. The number of nitrogens with one attached hydrogen (secondary N) is 1. The molecule has 3 heterocycles. The Morgan fingerprint density at radius 1 is 1.33 bits per heavy atom. The fraction of sp³-hybridized carbons (Fsp3) is 0.385. The number of anilines is 1. The minimum absolute atomic E-state index is 0.247. The second-order valence-electron chi connectivity index (χ2n) is 4.62. The molecular weight excluding hydrogens is 231 g/mol. The summed E-state index contributed by atoms with van der Waals surface area (Å²) in [6, 6.07) is 3.74. The quantitative estimate of drug-likeness (QED) is 0.884. The molecule has 0 aromatic carbocycles. The average Bonchev–Trinajstić information content (AvgIpc) is 2.93. The first-order valence-corrected chi connectivity index (χ1v) is 6.18. The summed E-state index contributed by atoms with van der Waals surface area (Å²) in [6.07, 6.45) is 6.85. The van der Waals surface area contributed by atoms with E-state index < -0.39 is 0 Å². The lowest BCUT2D eigenvalue weighted by Gasteiger charge is -2.33. The molecule has 2 aromatic heterocycles. The molecule has 0 spiro atoms. The van der Waals surface area contributed by atoms with Gasteiger partial charge in [-0.2, -0.15) is 5.10 Å². The third-order valence-electron chi connectivity index (χ3n) is 3.48. The first-order valence-electron chi connectivity index (χ1n) is 6.18. The molecule has 0 amide bonds. The van der Waals surface area contributed by atoms with Gasteiger partial charge in [0.1, 0.15) is 0 Å². The van der Waals surface area contributed by atoms with Crippen molar-refractivity contribution in [2.75, 3.05) is 18.0 Å². The van der Waals surface area contributed by atoms with Gasteiger partial charge in [0, 0.05) is 37.1 Å². The van der Waals surface area contributed by atoms with Crippen molar-refractivity contribution in [3.8, 4) is 0 Å². The minimum Gasteiger partial charge on any atom is -0.368 e. The number of nitrogens with zero attached hydrogens (tertiary/aromatic N) is 3. The van der Waals surface area contributed by atoms with Crippen molar-refractivity contribution in [3.05, 3.63) is 42.2 Å². The third-order valence-corrected chi connectivity index (χ3v) is 3.48. The molecule has 1 fully saturated rings. The number of H-pyrrole nitrogens is 1. The lowest BCUT2D eigenvalue weighted by atomic mass is 9.94. The summed E-state index contributed by atoms with van der Waals surface area (Å²) in [6.45, 7) is 1.72. The number of halogens is 1. The Morgan fingerprint density at radius 2 is 2.28 bits per heavy atom. The molecule has 5 heteroatoms. The van der Waals surface area contributed by atoms with Crippen LogP contribution >= 0.6 is 0 Å². The Labute approximate surface area is 105 Å². The van der Waals surface area contributed by atoms with Crippen molar-refractivity contribution in [3.63, 3.8) is 0 Å². The van der Waals surface area contributed by atoms with Gasteiger partial charge in [0.15, 0.2) is 5.82 Å². The van der Waals surface area contributed by atoms with Crippen LogP contribution < -0.4 is 4.90 Å². The summed E-state index contributed by atoms with van der Waals surface area (Å²) < 4.78 is 13.7. The van der Waals surface area contributed by atoms with Crippen LogP contribution in [-0.2, 0) is 0 Å². The molecule has 0 aliphatic carbocycles. The number of pyridine rings is 1.